The Balaban J connectivity index is 1.61. The van der Waals surface area contributed by atoms with Gasteiger partial charge in [-0.3, -0.25) is 20.4 Å². The normalized spacial score (nSPS) is 10.4. The van der Waals surface area contributed by atoms with Gasteiger partial charge >= 0.3 is 0 Å². The van der Waals surface area contributed by atoms with Crippen LogP contribution in [0.15, 0.2) is 60.8 Å². The largest absolute Gasteiger partial charge is 0.360 e. The first kappa shape index (κ1) is 13.9. The summed E-state index contributed by atoms with van der Waals surface area (Å²) in [6, 6.07) is 16.8. The number of aromatic amines is 1. The monoisotopic (exact) mass is 293 g/mol. The van der Waals surface area contributed by atoms with E-state index in [-0.39, 0.29) is 18.2 Å². The Bertz CT molecular complexity index is 809. The molecule has 110 valence electrons. The molecule has 0 unspecified atom stereocenters. The molecule has 1 heterocycles. The zero-order valence-electron chi connectivity index (χ0n) is 11.8. The first-order valence-electron chi connectivity index (χ1n) is 6.93. The fraction of sp³-hybridized carbons (Fsp3) is 0.0588. The lowest BCUT2D eigenvalue weighted by atomic mass is 10.1. The van der Waals surface area contributed by atoms with Crippen LogP contribution in [-0.2, 0) is 11.2 Å². The zero-order valence-corrected chi connectivity index (χ0v) is 11.8. The van der Waals surface area contributed by atoms with Gasteiger partial charge in [-0.1, -0.05) is 48.5 Å². The molecule has 2 amide bonds. The van der Waals surface area contributed by atoms with Crippen molar-refractivity contribution in [3.63, 3.8) is 0 Å². The van der Waals surface area contributed by atoms with Crippen LogP contribution in [0.2, 0.25) is 0 Å². The van der Waals surface area contributed by atoms with E-state index < -0.39 is 0 Å². The summed E-state index contributed by atoms with van der Waals surface area (Å²) in [5.41, 5.74) is 7.13. The van der Waals surface area contributed by atoms with E-state index in [1.807, 2.05) is 54.6 Å². The molecular weight excluding hydrogens is 278 g/mol. The average molecular weight is 293 g/mol. The van der Waals surface area contributed by atoms with Gasteiger partial charge in [0, 0.05) is 17.1 Å². The van der Waals surface area contributed by atoms with Gasteiger partial charge in [0.05, 0.1) is 12.0 Å². The minimum Gasteiger partial charge on any atom is -0.360 e. The Hall–Kier alpha value is -3.08. The molecule has 1 aromatic heterocycles. The second-order valence-corrected chi connectivity index (χ2v) is 4.91. The summed E-state index contributed by atoms with van der Waals surface area (Å²) < 4.78 is 0. The first-order chi connectivity index (χ1) is 10.7. The average Bonchev–Trinajstić information content (AvgIpc) is 2.98. The van der Waals surface area contributed by atoms with Crippen molar-refractivity contribution in [3.05, 3.63) is 71.9 Å². The molecule has 0 aliphatic heterocycles. The molecule has 0 aliphatic carbocycles. The summed E-state index contributed by atoms with van der Waals surface area (Å²) in [5.74, 6) is -0.613. The van der Waals surface area contributed by atoms with Crippen molar-refractivity contribution >= 4 is 22.7 Å². The number of benzene rings is 2. The number of hydrogen-bond acceptors (Lipinski definition) is 2. The van der Waals surface area contributed by atoms with Crippen LogP contribution in [0.1, 0.15) is 15.9 Å². The maximum atomic E-state index is 12.1. The third kappa shape index (κ3) is 2.98. The summed E-state index contributed by atoms with van der Waals surface area (Å²) >= 11 is 0. The zero-order chi connectivity index (χ0) is 15.4. The number of aromatic nitrogens is 1. The minimum atomic E-state index is -0.348. The van der Waals surface area contributed by atoms with Crippen LogP contribution in [0.3, 0.4) is 0 Å². The number of H-pyrrole nitrogens is 1. The van der Waals surface area contributed by atoms with Crippen LogP contribution in [-0.4, -0.2) is 16.8 Å². The van der Waals surface area contributed by atoms with Gasteiger partial charge < -0.3 is 4.98 Å². The Kier molecular flexibility index (Phi) is 3.87. The lowest BCUT2D eigenvalue weighted by Crippen LogP contribution is -2.42. The molecule has 22 heavy (non-hydrogen) atoms. The number of hydrazine groups is 1. The number of rotatable bonds is 3. The lowest BCUT2D eigenvalue weighted by Gasteiger charge is -2.07. The molecule has 0 bridgehead atoms. The molecule has 5 nitrogen and oxygen atoms in total. The van der Waals surface area contributed by atoms with E-state index in [1.165, 1.54) is 0 Å². The standard InChI is InChI=1S/C17H15N3O2/c21-16(10-12-6-2-1-3-7-12)19-20-17(22)14-11-18-15-9-5-4-8-13(14)15/h1-9,11,18H,10H2,(H,19,21)(H,20,22). The van der Waals surface area contributed by atoms with Crippen LogP contribution in [0.4, 0.5) is 0 Å². The fourth-order valence-corrected chi connectivity index (χ4v) is 2.28. The number of para-hydroxylation sites is 1. The van der Waals surface area contributed by atoms with Gasteiger partial charge in [-0.2, -0.15) is 0 Å². The van der Waals surface area contributed by atoms with E-state index in [0.29, 0.717) is 5.56 Å². The molecule has 0 fully saturated rings. The third-order valence-electron chi connectivity index (χ3n) is 3.36. The molecule has 0 radical (unpaired) electrons. The number of carbonyl (C=O) groups is 2. The van der Waals surface area contributed by atoms with Crippen LogP contribution < -0.4 is 10.9 Å². The SMILES string of the molecule is O=C(Cc1ccccc1)NNC(=O)c1c[nH]c2ccccc12. The molecule has 5 heteroatoms. The number of carbonyl (C=O) groups excluding carboxylic acids is 2. The van der Waals surface area contributed by atoms with Gasteiger partial charge in [-0.15, -0.1) is 0 Å². The van der Waals surface area contributed by atoms with Crippen molar-refractivity contribution in [1.82, 2.24) is 15.8 Å². The van der Waals surface area contributed by atoms with Crippen molar-refractivity contribution in [2.45, 2.75) is 6.42 Å². The van der Waals surface area contributed by atoms with Crippen molar-refractivity contribution in [3.8, 4) is 0 Å². The second kappa shape index (κ2) is 6.13. The quantitative estimate of drug-likeness (QED) is 0.647. The van der Waals surface area contributed by atoms with Crippen LogP contribution in [0.5, 0.6) is 0 Å². The van der Waals surface area contributed by atoms with Crippen LogP contribution in [0.25, 0.3) is 10.9 Å². The number of fused-ring (bicyclic) bond motifs is 1. The van der Waals surface area contributed by atoms with Gasteiger partial charge in [-0.25, -0.2) is 0 Å². The summed E-state index contributed by atoms with van der Waals surface area (Å²) in [6.45, 7) is 0. The highest BCUT2D eigenvalue weighted by Gasteiger charge is 2.12. The molecule has 3 N–H and O–H groups in total. The second-order valence-electron chi connectivity index (χ2n) is 4.91. The van der Waals surface area contributed by atoms with Crippen molar-refractivity contribution in [2.75, 3.05) is 0 Å². The van der Waals surface area contributed by atoms with E-state index in [2.05, 4.69) is 15.8 Å². The summed E-state index contributed by atoms with van der Waals surface area (Å²) in [5, 5.41) is 0.817. The maximum Gasteiger partial charge on any atom is 0.271 e. The molecular formula is C17H15N3O2. The number of amides is 2. The smallest absolute Gasteiger partial charge is 0.271 e. The highest BCUT2D eigenvalue weighted by Crippen LogP contribution is 2.17. The van der Waals surface area contributed by atoms with E-state index in [9.17, 15) is 9.59 Å². The van der Waals surface area contributed by atoms with Crippen molar-refractivity contribution in [1.29, 1.82) is 0 Å². The van der Waals surface area contributed by atoms with Gasteiger partial charge in [0.15, 0.2) is 0 Å². The van der Waals surface area contributed by atoms with Gasteiger partial charge in [-0.05, 0) is 11.6 Å². The lowest BCUT2D eigenvalue weighted by molar-refractivity contribution is -0.121. The van der Waals surface area contributed by atoms with Crippen molar-refractivity contribution in [2.24, 2.45) is 0 Å². The van der Waals surface area contributed by atoms with Crippen molar-refractivity contribution < 1.29 is 9.59 Å². The molecule has 0 aliphatic rings. The molecule has 3 rings (SSSR count). The predicted molar refractivity (Wildman–Crippen MR) is 84.1 cm³/mol. The highest BCUT2D eigenvalue weighted by molar-refractivity contribution is 6.07. The van der Waals surface area contributed by atoms with E-state index in [4.69, 9.17) is 0 Å². The minimum absolute atomic E-state index is 0.217. The fourth-order valence-electron chi connectivity index (χ4n) is 2.28. The van der Waals surface area contributed by atoms with E-state index in [0.717, 1.165) is 16.5 Å². The topological polar surface area (TPSA) is 74.0 Å². The van der Waals surface area contributed by atoms with Gasteiger partial charge in [0.25, 0.3) is 5.91 Å². The Morgan fingerprint density at radius 3 is 2.45 bits per heavy atom. The van der Waals surface area contributed by atoms with Gasteiger partial charge in [0.2, 0.25) is 5.91 Å². The third-order valence-corrected chi connectivity index (χ3v) is 3.36. The Labute approximate surface area is 127 Å². The number of hydrogen-bond donors (Lipinski definition) is 3. The molecule has 2 aromatic carbocycles. The van der Waals surface area contributed by atoms with Gasteiger partial charge in [0.1, 0.15) is 0 Å². The Morgan fingerprint density at radius 2 is 1.64 bits per heavy atom. The Morgan fingerprint density at radius 1 is 0.909 bits per heavy atom. The molecule has 0 atom stereocenters. The highest BCUT2D eigenvalue weighted by atomic mass is 16.2. The number of nitrogens with one attached hydrogen (secondary N) is 3. The molecule has 0 saturated carbocycles. The molecule has 3 aromatic rings. The summed E-state index contributed by atoms with van der Waals surface area (Å²) in [6.07, 6.45) is 1.85. The predicted octanol–water partition coefficient (Wildman–Crippen LogP) is 2.17. The van der Waals surface area contributed by atoms with Crippen LogP contribution in [0, 0.1) is 0 Å². The maximum absolute atomic E-state index is 12.1. The molecule has 0 saturated heterocycles. The first-order valence-corrected chi connectivity index (χ1v) is 6.93. The van der Waals surface area contributed by atoms with E-state index >= 15 is 0 Å². The molecule has 0 spiro atoms. The van der Waals surface area contributed by atoms with Crippen LogP contribution >= 0.6 is 0 Å². The van der Waals surface area contributed by atoms with E-state index in [1.54, 1.807) is 6.20 Å². The summed E-state index contributed by atoms with van der Waals surface area (Å²) in [7, 11) is 0. The summed E-state index contributed by atoms with van der Waals surface area (Å²) in [4.78, 5) is 27.0.